The van der Waals surface area contributed by atoms with Crippen LogP contribution in [0, 0.1) is 0 Å². The van der Waals surface area contributed by atoms with Crippen molar-refractivity contribution in [2.75, 3.05) is 0 Å². The predicted octanol–water partition coefficient (Wildman–Crippen LogP) is 5.74. The molecule has 0 aromatic heterocycles. The molecule has 4 rings (SSSR count). The number of fused-ring (bicyclic) bond motifs is 1. The second kappa shape index (κ2) is 6.75. The average Bonchev–Trinajstić information content (AvgIpc) is 2.64. The van der Waals surface area contributed by atoms with E-state index in [2.05, 4.69) is 18.2 Å². The van der Waals surface area contributed by atoms with Gasteiger partial charge >= 0.3 is 0 Å². The number of rotatable bonds is 3. The number of aliphatic hydroxyl groups excluding tert-OH is 2. The quantitative estimate of drug-likeness (QED) is 0.664. The van der Waals surface area contributed by atoms with E-state index in [1.807, 2.05) is 18.2 Å². The molecule has 2 aliphatic carbocycles. The van der Waals surface area contributed by atoms with Crippen LogP contribution in [0.2, 0.25) is 0 Å². The van der Waals surface area contributed by atoms with Gasteiger partial charge in [0, 0.05) is 12.3 Å². The Morgan fingerprint density at radius 3 is 2.58 bits per heavy atom. The summed E-state index contributed by atoms with van der Waals surface area (Å²) < 4.78 is 0. The third-order valence-corrected chi connectivity index (χ3v) is 5.25. The van der Waals surface area contributed by atoms with E-state index in [4.69, 9.17) is 0 Å². The molecule has 3 nitrogen and oxygen atoms in total. The van der Waals surface area contributed by atoms with Crippen LogP contribution in [0.5, 0.6) is 5.75 Å². The minimum absolute atomic E-state index is 0.229. The summed E-state index contributed by atoms with van der Waals surface area (Å²) in [6.45, 7) is 0. The maximum Gasteiger partial charge on any atom is 0.116 e. The molecule has 2 aromatic carbocycles. The normalized spacial score (nSPS) is 19.8. The first-order valence-electron chi connectivity index (χ1n) is 8.99. The summed E-state index contributed by atoms with van der Waals surface area (Å²) in [5.74, 6) is 1.26. The first-order valence-corrected chi connectivity index (χ1v) is 8.99. The average molecular weight is 346 g/mol. The third-order valence-electron chi connectivity index (χ3n) is 5.25. The van der Waals surface area contributed by atoms with Crippen LogP contribution in [0.1, 0.15) is 36.3 Å². The van der Waals surface area contributed by atoms with Gasteiger partial charge in [0.1, 0.15) is 11.5 Å². The number of phenolic OH excluding ortho intramolecular Hbond substituents is 1. The van der Waals surface area contributed by atoms with E-state index in [9.17, 15) is 15.3 Å². The first kappa shape index (κ1) is 16.5. The predicted molar refractivity (Wildman–Crippen MR) is 105 cm³/mol. The molecule has 0 aliphatic heterocycles. The minimum Gasteiger partial charge on any atom is -0.512 e. The van der Waals surface area contributed by atoms with Crippen LogP contribution in [0.3, 0.4) is 0 Å². The molecule has 26 heavy (non-hydrogen) atoms. The fraction of sp³-hybridized carbons (Fsp3) is 0.217. The number of hydrogen-bond donors (Lipinski definition) is 3. The van der Waals surface area contributed by atoms with Gasteiger partial charge in [0.05, 0.1) is 5.76 Å². The molecule has 0 fully saturated rings. The number of aromatic hydroxyl groups is 1. The Labute approximate surface area is 152 Å². The van der Waals surface area contributed by atoms with Gasteiger partial charge in [0.15, 0.2) is 0 Å². The topological polar surface area (TPSA) is 60.7 Å². The second-order valence-electron chi connectivity index (χ2n) is 7.03. The van der Waals surface area contributed by atoms with Crippen LogP contribution < -0.4 is 0 Å². The van der Waals surface area contributed by atoms with Gasteiger partial charge in [0.2, 0.25) is 0 Å². The monoisotopic (exact) mass is 346 g/mol. The highest BCUT2D eigenvalue weighted by Crippen LogP contribution is 2.36. The minimum atomic E-state index is 0.229. The number of aliphatic hydroxyl groups is 2. The number of allylic oxidation sites excluding steroid dienone is 7. The van der Waals surface area contributed by atoms with Crippen LogP contribution in [-0.4, -0.2) is 15.3 Å². The summed E-state index contributed by atoms with van der Waals surface area (Å²) in [7, 11) is 0. The van der Waals surface area contributed by atoms with Crippen molar-refractivity contribution in [1.29, 1.82) is 0 Å². The van der Waals surface area contributed by atoms with Crippen LogP contribution in [0.15, 0.2) is 77.8 Å². The fourth-order valence-electron chi connectivity index (χ4n) is 3.83. The van der Waals surface area contributed by atoms with Crippen LogP contribution in [0.4, 0.5) is 0 Å². The standard InChI is InChI=1S/C23H22O3/c24-18-6-1-15(2-7-18)13-23-21(16-3-8-19(25)9-4-16)11-5-17-14-20(26)10-12-22(17)23/h1,3,5-6,8-12,14,16,24-26H,2,4,7,13H2. The summed E-state index contributed by atoms with van der Waals surface area (Å²) in [6, 6.07) is 9.71. The lowest BCUT2D eigenvalue weighted by Crippen LogP contribution is -2.06. The lowest BCUT2D eigenvalue weighted by molar-refractivity contribution is 0.385. The third kappa shape index (κ3) is 3.25. The molecule has 1 unspecified atom stereocenters. The van der Waals surface area contributed by atoms with Gasteiger partial charge in [-0.3, -0.25) is 0 Å². The van der Waals surface area contributed by atoms with Gasteiger partial charge in [-0.25, -0.2) is 0 Å². The van der Waals surface area contributed by atoms with Gasteiger partial charge in [-0.05, 0) is 71.5 Å². The maximum absolute atomic E-state index is 9.83. The Balaban J connectivity index is 1.81. The number of benzene rings is 2. The van der Waals surface area contributed by atoms with Gasteiger partial charge in [0.25, 0.3) is 0 Å². The number of hydrogen-bond acceptors (Lipinski definition) is 3. The Kier molecular flexibility index (Phi) is 4.29. The van der Waals surface area contributed by atoms with Gasteiger partial charge in [-0.15, -0.1) is 0 Å². The van der Waals surface area contributed by atoms with Crippen molar-refractivity contribution in [3.63, 3.8) is 0 Å². The zero-order valence-corrected chi connectivity index (χ0v) is 14.5. The molecule has 132 valence electrons. The van der Waals surface area contributed by atoms with Gasteiger partial charge in [-0.1, -0.05) is 35.9 Å². The van der Waals surface area contributed by atoms with E-state index >= 15 is 0 Å². The second-order valence-corrected chi connectivity index (χ2v) is 7.03. The van der Waals surface area contributed by atoms with E-state index < -0.39 is 0 Å². The van der Waals surface area contributed by atoms with Crippen molar-refractivity contribution in [2.45, 2.75) is 31.6 Å². The van der Waals surface area contributed by atoms with E-state index in [0.717, 1.165) is 30.0 Å². The molecule has 0 saturated carbocycles. The van der Waals surface area contributed by atoms with E-state index in [0.29, 0.717) is 17.9 Å². The summed E-state index contributed by atoms with van der Waals surface area (Å²) in [6.07, 6.45) is 12.6. The van der Waals surface area contributed by atoms with Crippen molar-refractivity contribution < 1.29 is 15.3 Å². The molecule has 0 amide bonds. The molecule has 3 heteroatoms. The molecule has 0 radical (unpaired) electrons. The van der Waals surface area contributed by atoms with Crippen LogP contribution >= 0.6 is 0 Å². The largest absolute Gasteiger partial charge is 0.512 e. The smallest absolute Gasteiger partial charge is 0.116 e. The first-order chi connectivity index (χ1) is 12.6. The molecule has 0 heterocycles. The molecular formula is C23H22O3. The van der Waals surface area contributed by atoms with Crippen molar-refractivity contribution in [2.24, 2.45) is 0 Å². The summed E-state index contributed by atoms with van der Waals surface area (Å²) in [5, 5.41) is 31.3. The highest BCUT2D eigenvalue weighted by atomic mass is 16.3. The van der Waals surface area contributed by atoms with Crippen LogP contribution in [0.25, 0.3) is 10.8 Å². The van der Waals surface area contributed by atoms with Gasteiger partial charge < -0.3 is 15.3 Å². The SMILES string of the molecule is OC1=CCC(c2ccc3cc(O)ccc3c2CC2=CC=C(O)CC2)C=C1. The maximum atomic E-state index is 9.83. The highest BCUT2D eigenvalue weighted by Gasteiger charge is 2.18. The summed E-state index contributed by atoms with van der Waals surface area (Å²) in [5.41, 5.74) is 3.80. The molecule has 0 saturated heterocycles. The zero-order chi connectivity index (χ0) is 18.1. The lowest BCUT2D eigenvalue weighted by atomic mass is 9.83. The highest BCUT2D eigenvalue weighted by molar-refractivity contribution is 5.88. The Morgan fingerprint density at radius 2 is 1.85 bits per heavy atom. The van der Waals surface area contributed by atoms with E-state index in [-0.39, 0.29) is 11.7 Å². The summed E-state index contributed by atoms with van der Waals surface area (Å²) in [4.78, 5) is 0. The fourth-order valence-corrected chi connectivity index (χ4v) is 3.83. The lowest BCUT2D eigenvalue weighted by Gasteiger charge is -2.22. The number of phenols is 1. The molecular weight excluding hydrogens is 324 g/mol. The van der Waals surface area contributed by atoms with Gasteiger partial charge in [-0.2, -0.15) is 0 Å². The summed E-state index contributed by atoms with van der Waals surface area (Å²) >= 11 is 0. The molecule has 0 spiro atoms. The Morgan fingerprint density at radius 1 is 0.962 bits per heavy atom. The van der Waals surface area contributed by atoms with Crippen LogP contribution in [-0.2, 0) is 6.42 Å². The molecule has 0 bridgehead atoms. The zero-order valence-electron chi connectivity index (χ0n) is 14.5. The Bertz CT molecular complexity index is 976. The molecule has 2 aliphatic rings. The molecule has 1 atom stereocenters. The van der Waals surface area contributed by atoms with Crippen molar-refractivity contribution in [3.05, 3.63) is 88.9 Å². The molecule has 3 N–H and O–H groups in total. The van der Waals surface area contributed by atoms with Crippen molar-refractivity contribution in [1.82, 2.24) is 0 Å². The molecule has 2 aromatic rings. The van der Waals surface area contributed by atoms with E-state index in [1.165, 1.54) is 16.7 Å². The van der Waals surface area contributed by atoms with Crippen molar-refractivity contribution in [3.8, 4) is 5.75 Å². The van der Waals surface area contributed by atoms with Crippen molar-refractivity contribution >= 4 is 10.8 Å². The Hall–Kier alpha value is -2.94. The van der Waals surface area contributed by atoms with E-state index in [1.54, 1.807) is 24.3 Å².